The molecule has 0 aliphatic carbocycles. The molecule has 0 spiro atoms. The topological polar surface area (TPSA) is 67.3 Å². The zero-order valence-electron chi connectivity index (χ0n) is 13.5. The smallest absolute Gasteiger partial charge is 0.288 e. The average Bonchev–Trinajstić information content (AvgIpc) is 2.13. The van der Waals surface area contributed by atoms with Gasteiger partial charge in [0.05, 0.1) is 0 Å². The van der Waals surface area contributed by atoms with E-state index >= 15 is 0 Å². The molecular formula is C11H28N4O3S. The summed E-state index contributed by atoms with van der Waals surface area (Å²) >= 11 is 0. The summed E-state index contributed by atoms with van der Waals surface area (Å²) in [6.45, 7) is 1.78. The van der Waals surface area contributed by atoms with Gasteiger partial charge in [-0.25, -0.2) is 0 Å². The SMILES string of the molecule is CN(C)C(C)(N(C)C)C(N(C)C)(N(C)C)S(=O)(=O)O. The van der Waals surface area contributed by atoms with Crippen molar-refractivity contribution in [3.63, 3.8) is 0 Å². The Bertz CT molecular complexity index is 388. The lowest BCUT2D eigenvalue weighted by molar-refractivity contribution is -0.127. The van der Waals surface area contributed by atoms with E-state index in [1.54, 1.807) is 73.1 Å². The molecule has 116 valence electrons. The lowest BCUT2D eigenvalue weighted by Crippen LogP contribution is -2.80. The minimum atomic E-state index is -4.40. The van der Waals surface area contributed by atoms with Crippen molar-refractivity contribution in [2.24, 2.45) is 0 Å². The summed E-state index contributed by atoms with van der Waals surface area (Å²) in [5.41, 5.74) is -0.979. The second-order valence-electron chi connectivity index (χ2n) is 5.68. The highest BCUT2D eigenvalue weighted by atomic mass is 32.2. The van der Waals surface area contributed by atoms with Crippen LogP contribution in [0.25, 0.3) is 0 Å². The molecule has 0 aliphatic rings. The van der Waals surface area contributed by atoms with Crippen LogP contribution in [0.15, 0.2) is 0 Å². The molecule has 0 rings (SSSR count). The first-order chi connectivity index (χ1) is 8.27. The average molecular weight is 296 g/mol. The molecule has 0 saturated carbocycles. The molecule has 0 unspecified atom stereocenters. The Balaban J connectivity index is 6.60. The van der Waals surface area contributed by atoms with Crippen molar-refractivity contribution in [3.8, 4) is 0 Å². The molecule has 0 fully saturated rings. The predicted molar refractivity (Wildman–Crippen MR) is 77.4 cm³/mol. The Labute approximate surface area is 117 Å². The molecular weight excluding hydrogens is 268 g/mol. The fourth-order valence-corrected chi connectivity index (χ4v) is 4.71. The first-order valence-electron chi connectivity index (χ1n) is 5.94. The third kappa shape index (κ3) is 2.53. The highest BCUT2D eigenvalue weighted by molar-refractivity contribution is 7.87. The maximum absolute atomic E-state index is 12.2. The zero-order valence-corrected chi connectivity index (χ0v) is 14.3. The van der Waals surface area contributed by atoms with Crippen molar-refractivity contribution in [2.45, 2.75) is 17.6 Å². The summed E-state index contributed by atoms with van der Waals surface area (Å²) in [5.74, 6) is 0. The van der Waals surface area contributed by atoms with E-state index in [1.807, 2.05) is 0 Å². The molecule has 0 bridgehead atoms. The van der Waals surface area contributed by atoms with Crippen LogP contribution >= 0.6 is 0 Å². The largest absolute Gasteiger partial charge is 0.301 e. The summed E-state index contributed by atoms with van der Waals surface area (Å²) < 4.78 is 34.4. The van der Waals surface area contributed by atoms with Gasteiger partial charge < -0.3 is 0 Å². The lowest BCUT2D eigenvalue weighted by Gasteiger charge is -2.58. The first kappa shape index (κ1) is 18.8. The molecule has 8 heteroatoms. The van der Waals surface area contributed by atoms with Gasteiger partial charge in [0.2, 0.25) is 4.99 Å². The van der Waals surface area contributed by atoms with Gasteiger partial charge >= 0.3 is 10.1 Å². The van der Waals surface area contributed by atoms with Crippen LogP contribution in [-0.2, 0) is 10.1 Å². The number of nitrogens with zero attached hydrogens (tertiary/aromatic N) is 4. The van der Waals surface area contributed by atoms with E-state index in [-0.39, 0.29) is 0 Å². The Morgan fingerprint density at radius 1 is 0.737 bits per heavy atom. The Morgan fingerprint density at radius 3 is 1.05 bits per heavy atom. The third-order valence-corrected chi connectivity index (χ3v) is 5.77. The van der Waals surface area contributed by atoms with Crippen LogP contribution in [0.5, 0.6) is 0 Å². The molecule has 0 radical (unpaired) electrons. The highest BCUT2D eigenvalue weighted by Gasteiger charge is 2.63. The standard InChI is InChI=1S/C11H28N4O3S/c1-10(12(2)3,13(4)5)11(14(6)7,15(8)9)19(16,17)18/h1-9H3,(H,16,17,18). The van der Waals surface area contributed by atoms with Crippen molar-refractivity contribution in [3.05, 3.63) is 0 Å². The normalized spacial score (nSPS) is 15.1. The van der Waals surface area contributed by atoms with Crippen LogP contribution in [0.4, 0.5) is 0 Å². The van der Waals surface area contributed by atoms with Gasteiger partial charge in [-0.1, -0.05) is 0 Å². The quantitative estimate of drug-likeness (QED) is 0.523. The van der Waals surface area contributed by atoms with Gasteiger partial charge in [0.25, 0.3) is 0 Å². The zero-order chi connectivity index (χ0) is 15.8. The second-order valence-corrected chi connectivity index (χ2v) is 7.20. The van der Waals surface area contributed by atoms with E-state index in [2.05, 4.69) is 0 Å². The maximum Gasteiger partial charge on any atom is 0.301 e. The predicted octanol–water partition coefficient (Wildman–Crippen LogP) is -0.509. The van der Waals surface area contributed by atoms with Crippen LogP contribution in [0.3, 0.4) is 0 Å². The van der Waals surface area contributed by atoms with Gasteiger partial charge in [0.1, 0.15) is 5.66 Å². The van der Waals surface area contributed by atoms with Crippen molar-refractivity contribution in [1.29, 1.82) is 0 Å². The van der Waals surface area contributed by atoms with E-state index in [0.29, 0.717) is 0 Å². The highest BCUT2D eigenvalue weighted by Crippen LogP contribution is 2.38. The Hall–Kier alpha value is -0.250. The van der Waals surface area contributed by atoms with Gasteiger partial charge in [-0.2, -0.15) is 8.42 Å². The van der Waals surface area contributed by atoms with Crippen LogP contribution in [0.2, 0.25) is 0 Å². The molecule has 19 heavy (non-hydrogen) atoms. The van der Waals surface area contributed by atoms with Gasteiger partial charge in [0.15, 0.2) is 0 Å². The molecule has 0 atom stereocenters. The van der Waals surface area contributed by atoms with Crippen molar-refractivity contribution in [1.82, 2.24) is 19.6 Å². The van der Waals surface area contributed by atoms with E-state index in [9.17, 15) is 13.0 Å². The number of rotatable bonds is 6. The molecule has 0 aliphatic heterocycles. The second kappa shape index (κ2) is 5.63. The van der Waals surface area contributed by atoms with Crippen LogP contribution < -0.4 is 0 Å². The number of hydrogen-bond acceptors (Lipinski definition) is 6. The molecule has 0 aromatic rings. The molecule has 7 nitrogen and oxygen atoms in total. The van der Waals surface area contributed by atoms with Crippen LogP contribution in [0.1, 0.15) is 6.92 Å². The van der Waals surface area contributed by atoms with Crippen LogP contribution in [0, 0.1) is 0 Å². The summed E-state index contributed by atoms with van der Waals surface area (Å²) in [6, 6.07) is 0. The van der Waals surface area contributed by atoms with E-state index in [4.69, 9.17) is 0 Å². The van der Waals surface area contributed by atoms with Gasteiger partial charge in [0, 0.05) is 0 Å². The minimum absolute atomic E-state index is 0.979. The van der Waals surface area contributed by atoms with E-state index in [1.165, 1.54) is 9.80 Å². The molecule has 0 amide bonds. The molecule has 1 N–H and O–H groups in total. The van der Waals surface area contributed by atoms with Crippen molar-refractivity contribution in [2.75, 3.05) is 56.4 Å². The summed E-state index contributed by atoms with van der Waals surface area (Å²) in [7, 11) is 9.29. The number of hydrogen-bond donors (Lipinski definition) is 1. The van der Waals surface area contributed by atoms with E-state index in [0.717, 1.165) is 0 Å². The third-order valence-electron chi connectivity index (χ3n) is 3.93. The molecule has 0 heterocycles. The number of likely N-dealkylation sites (N-methyl/N-ethyl adjacent to an activating group) is 4. The maximum atomic E-state index is 12.2. The fraction of sp³-hybridized carbons (Fsp3) is 1.00. The van der Waals surface area contributed by atoms with Gasteiger partial charge in [-0.3, -0.25) is 24.2 Å². The van der Waals surface area contributed by atoms with Crippen molar-refractivity contribution >= 4 is 10.1 Å². The monoisotopic (exact) mass is 296 g/mol. The van der Waals surface area contributed by atoms with Gasteiger partial charge in [-0.15, -0.1) is 0 Å². The van der Waals surface area contributed by atoms with Crippen LogP contribution in [-0.4, -0.2) is 99.6 Å². The molecule has 0 saturated heterocycles. The Kier molecular flexibility index (Phi) is 5.55. The van der Waals surface area contributed by atoms with Crippen molar-refractivity contribution < 1.29 is 13.0 Å². The minimum Gasteiger partial charge on any atom is -0.288 e. The lowest BCUT2D eigenvalue weighted by atomic mass is 10.0. The van der Waals surface area contributed by atoms with Gasteiger partial charge in [-0.05, 0) is 63.3 Å². The first-order valence-corrected chi connectivity index (χ1v) is 7.38. The summed E-state index contributed by atoms with van der Waals surface area (Å²) in [6.07, 6.45) is 0. The Morgan fingerprint density at radius 2 is 1.00 bits per heavy atom. The molecule has 0 aromatic carbocycles. The molecule has 0 aromatic heterocycles. The fourth-order valence-electron chi connectivity index (χ4n) is 2.94. The summed E-state index contributed by atoms with van der Waals surface area (Å²) in [4.78, 5) is 4.97. The summed E-state index contributed by atoms with van der Waals surface area (Å²) in [5, 5.41) is 0. The van der Waals surface area contributed by atoms with E-state index < -0.39 is 20.8 Å².